The van der Waals surface area contributed by atoms with Crippen LogP contribution in [0, 0.1) is 29.4 Å². The molecule has 2 rings (SSSR count). The number of aromatic nitrogens is 1. The molecule has 2 nitrogen and oxygen atoms in total. The van der Waals surface area contributed by atoms with Crippen LogP contribution < -0.4 is 4.90 Å². The van der Waals surface area contributed by atoms with Crippen molar-refractivity contribution in [1.82, 2.24) is 4.98 Å². The van der Waals surface area contributed by atoms with Gasteiger partial charge >= 0.3 is 0 Å². The smallest absolute Gasteiger partial charge is 0.253 e. The van der Waals surface area contributed by atoms with Crippen molar-refractivity contribution in [2.75, 3.05) is 11.9 Å². The summed E-state index contributed by atoms with van der Waals surface area (Å²) in [4.78, 5) is 3.87. The minimum Gasteiger partial charge on any atom is -0.367 e. The fourth-order valence-corrected chi connectivity index (χ4v) is 2.72. The Labute approximate surface area is 109 Å². The van der Waals surface area contributed by atoms with Crippen LogP contribution in [0.15, 0.2) is 0 Å². The van der Waals surface area contributed by atoms with Gasteiger partial charge < -0.3 is 4.90 Å². The zero-order valence-corrected chi connectivity index (χ0v) is 10.9. The Kier molecular flexibility index (Phi) is 3.96. The van der Waals surface area contributed by atoms with Gasteiger partial charge in [-0.15, -0.1) is 0 Å². The van der Waals surface area contributed by atoms with Gasteiger partial charge in [-0.05, 0) is 18.8 Å². The second-order valence-electron chi connectivity index (χ2n) is 5.21. The molecular weight excluding hydrogens is 260 g/mol. The van der Waals surface area contributed by atoms with Gasteiger partial charge in [0.25, 0.3) is 11.9 Å². The van der Waals surface area contributed by atoms with Gasteiger partial charge in [0.15, 0.2) is 0 Å². The molecule has 0 aromatic carbocycles. The van der Waals surface area contributed by atoms with E-state index in [1.165, 1.54) is 11.9 Å². The van der Waals surface area contributed by atoms with E-state index in [1.54, 1.807) is 0 Å². The number of anilines is 1. The van der Waals surface area contributed by atoms with Crippen molar-refractivity contribution in [2.45, 2.75) is 38.6 Å². The van der Waals surface area contributed by atoms with Crippen molar-refractivity contribution in [3.05, 3.63) is 23.5 Å². The van der Waals surface area contributed by atoms with Gasteiger partial charge in [-0.2, -0.15) is 22.5 Å². The van der Waals surface area contributed by atoms with E-state index in [0.717, 1.165) is 25.7 Å². The van der Waals surface area contributed by atoms with Crippen molar-refractivity contribution in [3.63, 3.8) is 0 Å². The molecule has 0 saturated heterocycles. The molecule has 0 amide bonds. The largest absolute Gasteiger partial charge is 0.367 e. The van der Waals surface area contributed by atoms with Crippen molar-refractivity contribution in [2.24, 2.45) is 5.92 Å². The van der Waals surface area contributed by atoms with E-state index in [4.69, 9.17) is 0 Å². The molecule has 1 heterocycles. The molecule has 1 aromatic heterocycles. The van der Waals surface area contributed by atoms with Crippen LogP contribution in [0.3, 0.4) is 0 Å². The van der Waals surface area contributed by atoms with Crippen LogP contribution in [0.25, 0.3) is 0 Å². The molecule has 0 aliphatic heterocycles. The number of hydrogen-bond acceptors (Lipinski definition) is 2. The van der Waals surface area contributed by atoms with Gasteiger partial charge in [-0.25, -0.2) is 0 Å². The quantitative estimate of drug-likeness (QED) is 0.605. The first-order valence-electron chi connectivity index (χ1n) is 6.34. The third-order valence-corrected chi connectivity index (χ3v) is 3.78. The van der Waals surface area contributed by atoms with Crippen molar-refractivity contribution in [3.8, 4) is 0 Å². The predicted octanol–water partition coefficient (Wildman–Crippen LogP) is 3.65. The summed E-state index contributed by atoms with van der Waals surface area (Å²) in [6, 6.07) is -0.117. The zero-order valence-electron chi connectivity index (χ0n) is 10.9. The summed E-state index contributed by atoms with van der Waals surface area (Å²) in [7, 11) is 1.46. The third kappa shape index (κ3) is 2.67. The van der Waals surface area contributed by atoms with Crippen molar-refractivity contribution >= 4 is 5.69 Å². The Hall–Kier alpha value is -1.33. The van der Waals surface area contributed by atoms with Gasteiger partial charge in [-0.1, -0.05) is 19.8 Å². The Bertz CT molecular complexity index is 452. The monoisotopic (exact) mass is 276 g/mol. The van der Waals surface area contributed by atoms with Gasteiger partial charge in [0, 0.05) is 13.1 Å². The average molecular weight is 276 g/mol. The highest BCUT2D eigenvalue weighted by Crippen LogP contribution is 2.33. The SMILES string of the molecule is CC1CCCC(N(C)c2c(F)c(F)nc(F)c2F)C1. The van der Waals surface area contributed by atoms with E-state index in [2.05, 4.69) is 11.9 Å². The lowest BCUT2D eigenvalue weighted by Crippen LogP contribution is -2.37. The first kappa shape index (κ1) is 14.1. The van der Waals surface area contributed by atoms with Crippen LogP contribution in [0.5, 0.6) is 0 Å². The van der Waals surface area contributed by atoms with E-state index in [1.807, 2.05) is 0 Å². The van der Waals surface area contributed by atoms with Crippen LogP contribution in [-0.2, 0) is 0 Å². The summed E-state index contributed by atoms with van der Waals surface area (Å²) in [5.41, 5.74) is -0.663. The molecule has 106 valence electrons. The predicted molar refractivity (Wildman–Crippen MR) is 63.9 cm³/mol. The highest BCUT2D eigenvalue weighted by atomic mass is 19.2. The lowest BCUT2D eigenvalue weighted by Gasteiger charge is -2.35. The number of halogens is 4. The maximum absolute atomic E-state index is 13.7. The summed E-state index contributed by atoms with van der Waals surface area (Å²) in [6.07, 6.45) is 3.51. The Balaban J connectivity index is 2.35. The molecule has 1 fully saturated rings. The molecule has 1 aliphatic rings. The lowest BCUT2D eigenvalue weighted by atomic mass is 9.86. The van der Waals surface area contributed by atoms with Crippen LogP contribution in [0.2, 0.25) is 0 Å². The molecule has 1 aliphatic carbocycles. The number of pyridine rings is 1. The van der Waals surface area contributed by atoms with Gasteiger partial charge in [0.1, 0.15) is 5.69 Å². The molecule has 6 heteroatoms. The number of hydrogen-bond donors (Lipinski definition) is 0. The maximum atomic E-state index is 13.7. The molecular formula is C13H16F4N2. The van der Waals surface area contributed by atoms with Crippen molar-refractivity contribution < 1.29 is 17.6 Å². The van der Waals surface area contributed by atoms with Crippen LogP contribution in [0.1, 0.15) is 32.6 Å². The van der Waals surface area contributed by atoms with Crippen molar-refractivity contribution in [1.29, 1.82) is 0 Å². The summed E-state index contributed by atoms with van der Waals surface area (Å²) in [5, 5.41) is 0. The topological polar surface area (TPSA) is 16.1 Å². The summed E-state index contributed by atoms with van der Waals surface area (Å²) >= 11 is 0. The van der Waals surface area contributed by atoms with Gasteiger partial charge in [0.05, 0.1) is 0 Å². The molecule has 0 spiro atoms. The Morgan fingerprint density at radius 2 is 1.63 bits per heavy atom. The molecule has 19 heavy (non-hydrogen) atoms. The summed E-state index contributed by atoms with van der Waals surface area (Å²) in [6.45, 7) is 2.06. The van der Waals surface area contributed by atoms with E-state index in [-0.39, 0.29) is 6.04 Å². The molecule has 1 aromatic rings. The standard InChI is InChI=1S/C13H16F4N2/c1-7-4-3-5-8(6-7)19(2)11-9(14)12(16)18-13(17)10(11)15/h7-8H,3-6H2,1-2H3. The summed E-state index contributed by atoms with van der Waals surface area (Å²) in [5.74, 6) is -5.64. The number of rotatable bonds is 2. The first-order chi connectivity index (χ1) is 8.91. The van der Waals surface area contributed by atoms with Gasteiger partial charge in [-0.3, -0.25) is 0 Å². The zero-order chi connectivity index (χ0) is 14.2. The maximum Gasteiger partial charge on any atom is 0.253 e. The number of nitrogens with zero attached hydrogens (tertiary/aromatic N) is 2. The second-order valence-corrected chi connectivity index (χ2v) is 5.21. The van der Waals surface area contributed by atoms with E-state index in [9.17, 15) is 17.6 Å². The van der Waals surface area contributed by atoms with E-state index in [0.29, 0.717) is 5.92 Å². The second kappa shape index (κ2) is 5.35. The summed E-state index contributed by atoms with van der Waals surface area (Å²) < 4.78 is 53.5. The Morgan fingerprint density at radius 3 is 2.16 bits per heavy atom. The van der Waals surface area contributed by atoms with Crippen LogP contribution >= 0.6 is 0 Å². The van der Waals surface area contributed by atoms with Crippen LogP contribution in [0.4, 0.5) is 23.2 Å². The molecule has 2 unspecified atom stereocenters. The average Bonchev–Trinajstić information content (AvgIpc) is 2.36. The van der Waals surface area contributed by atoms with Gasteiger partial charge in [0.2, 0.25) is 11.6 Å². The lowest BCUT2D eigenvalue weighted by molar-refractivity contribution is 0.329. The Morgan fingerprint density at radius 1 is 1.05 bits per heavy atom. The fourth-order valence-electron chi connectivity index (χ4n) is 2.72. The minimum atomic E-state index is -1.61. The molecule has 0 bridgehead atoms. The molecule has 2 atom stereocenters. The highest BCUT2D eigenvalue weighted by molar-refractivity contribution is 5.48. The highest BCUT2D eigenvalue weighted by Gasteiger charge is 2.29. The van der Waals surface area contributed by atoms with E-state index < -0.39 is 29.2 Å². The van der Waals surface area contributed by atoms with E-state index >= 15 is 0 Å². The minimum absolute atomic E-state index is 0.117. The third-order valence-electron chi connectivity index (χ3n) is 3.78. The molecule has 0 N–H and O–H groups in total. The normalized spacial score (nSPS) is 23.5. The molecule has 0 radical (unpaired) electrons. The van der Waals surface area contributed by atoms with Crippen LogP contribution in [-0.4, -0.2) is 18.1 Å². The molecule has 1 saturated carbocycles. The first-order valence-corrected chi connectivity index (χ1v) is 6.34. The fraction of sp³-hybridized carbons (Fsp3) is 0.615.